The van der Waals surface area contributed by atoms with E-state index in [9.17, 15) is 14.7 Å². The maximum Gasteiger partial charge on any atom is 0.311 e. The van der Waals surface area contributed by atoms with Crippen molar-refractivity contribution in [2.45, 2.75) is 38.6 Å². The topological polar surface area (TPSA) is 83.6 Å². The molecule has 0 aromatic rings. The standard InChI is InChI=1S/C13H24N2O3S/c1-3-13(12(17)18)6-4-7-15(9-13)11(16)10(14)5-8-19-2/h10H,3-9,14H2,1-2H3,(H,17,18)/t10-,13?/m0/s1. The number of hydrogen-bond acceptors (Lipinski definition) is 4. The van der Waals surface area contributed by atoms with Gasteiger partial charge in [-0.25, -0.2) is 0 Å². The third-order valence-corrected chi connectivity index (χ3v) is 4.61. The molecule has 110 valence electrons. The van der Waals surface area contributed by atoms with Crippen LogP contribution in [-0.4, -0.2) is 53.0 Å². The summed E-state index contributed by atoms with van der Waals surface area (Å²) in [6.07, 6.45) is 4.54. The minimum absolute atomic E-state index is 0.104. The molecule has 1 rings (SSSR count). The highest BCUT2D eigenvalue weighted by molar-refractivity contribution is 7.98. The number of nitrogens with zero attached hydrogens (tertiary/aromatic N) is 1. The number of rotatable bonds is 6. The van der Waals surface area contributed by atoms with Gasteiger partial charge in [-0.3, -0.25) is 9.59 Å². The smallest absolute Gasteiger partial charge is 0.311 e. The van der Waals surface area contributed by atoms with Crippen molar-refractivity contribution >= 4 is 23.6 Å². The summed E-state index contributed by atoms with van der Waals surface area (Å²) in [6, 6.07) is -0.506. The highest BCUT2D eigenvalue weighted by Crippen LogP contribution is 2.33. The fourth-order valence-corrected chi connectivity index (χ4v) is 3.03. The van der Waals surface area contributed by atoms with E-state index < -0.39 is 17.4 Å². The Morgan fingerprint density at radius 3 is 2.74 bits per heavy atom. The largest absolute Gasteiger partial charge is 0.481 e. The summed E-state index contributed by atoms with van der Waals surface area (Å²) in [6.45, 7) is 2.79. The van der Waals surface area contributed by atoms with Gasteiger partial charge in [0.2, 0.25) is 5.91 Å². The number of thioether (sulfide) groups is 1. The van der Waals surface area contributed by atoms with Gasteiger partial charge in [0.05, 0.1) is 11.5 Å². The van der Waals surface area contributed by atoms with E-state index in [1.165, 1.54) is 0 Å². The van der Waals surface area contributed by atoms with Crippen molar-refractivity contribution in [1.29, 1.82) is 0 Å². The van der Waals surface area contributed by atoms with Gasteiger partial charge in [-0.05, 0) is 37.7 Å². The van der Waals surface area contributed by atoms with Crippen LogP contribution in [-0.2, 0) is 9.59 Å². The molecule has 2 atom stereocenters. The zero-order valence-electron chi connectivity index (χ0n) is 11.7. The predicted molar refractivity (Wildman–Crippen MR) is 77.1 cm³/mol. The molecule has 1 unspecified atom stereocenters. The summed E-state index contributed by atoms with van der Waals surface area (Å²) in [5.41, 5.74) is 5.10. The van der Waals surface area contributed by atoms with E-state index in [-0.39, 0.29) is 5.91 Å². The maximum absolute atomic E-state index is 12.2. The molecule has 0 aromatic carbocycles. The van der Waals surface area contributed by atoms with Gasteiger partial charge in [0.25, 0.3) is 0 Å². The molecule has 0 radical (unpaired) electrons. The molecule has 1 saturated heterocycles. The molecule has 1 aliphatic heterocycles. The highest BCUT2D eigenvalue weighted by Gasteiger charge is 2.42. The summed E-state index contributed by atoms with van der Waals surface area (Å²) in [7, 11) is 0. The molecule has 1 fully saturated rings. The fraction of sp³-hybridized carbons (Fsp3) is 0.846. The van der Waals surface area contributed by atoms with E-state index in [0.717, 1.165) is 12.2 Å². The molecule has 0 aliphatic carbocycles. The number of carboxylic acids is 1. The van der Waals surface area contributed by atoms with E-state index in [1.807, 2.05) is 13.2 Å². The molecule has 0 saturated carbocycles. The number of likely N-dealkylation sites (tertiary alicyclic amines) is 1. The molecular weight excluding hydrogens is 264 g/mol. The molecule has 3 N–H and O–H groups in total. The van der Waals surface area contributed by atoms with Crippen molar-refractivity contribution in [3.05, 3.63) is 0 Å². The van der Waals surface area contributed by atoms with Crippen LogP contribution in [0.2, 0.25) is 0 Å². The third kappa shape index (κ3) is 3.86. The number of nitrogens with two attached hydrogens (primary N) is 1. The first kappa shape index (κ1) is 16.3. The normalized spacial score (nSPS) is 25.1. The molecule has 0 aromatic heterocycles. The van der Waals surface area contributed by atoms with E-state index in [0.29, 0.717) is 32.4 Å². The Hall–Kier alpha value is -0.750. The van der Waals surface area contributed by atoms with E-state index in [2.05, 4.69) is 0 Å². The minimum Gasteiger partial charge on any atom is -0.481 e. The molecule has 1 aliphatic rings. The van der Waals surface area contributed by atoms with Crippen molar-refractivity contribution in [2.75, 3.05) is 25.1 Å². The lowest BCUT2D eigenvalue weighted by atomic mass is 9.77. The molecule has 6 heteroatoms. The Morgan fingerprint density at radius 2 is 2.21 bits per heavy atom. The molecule has 19 heavy (non-hydrogen) atoms. The quantitative estimate of drug-likeness (QED) is 0.766. The van der Waals surface area contributed by atoms with E-state index >= 15 is 0 Å². The zero-order chi connectivity index (χ0) is 14.5. The van der Waals surface area contributed by atoms with Gasteiger partial charge in [0.1, 0.15) is 0 Å². The Labute approximate surface area is 118 Å². The third-order valence-electron chi connectivity index (χ3n) is 3.97. The second-order valence-electron chi connectivity index (χ2n) is 5.19. The number of aliphatic carboxylic acids is 1. The van der Waals surface area contributed by atoms with Crippen LogP contribution in [0.25, 0.3) is 0 Å². The summed E-state index contributed by atoms with van der Waals surface area (Å²) in [5.74, 6) is -0.0588. The van der Waals surface area contributed by atoms with Gasteiger partial charge in [-0.15, -0.1) is 0 Å². The first-order valence-corrected chi connectivity index (χ1v) is 8.13. The first-order chi connectivity index (χ1) is 8.96. The lowest BCUT2D eigenvalue weighted by molar-refractivity contribution is -0.155. The van der Waals surface area contributed by atoms with Gasteiger partial charge in [-0.2, -0.15) is 11.8 Å². The number of piperidine rings is 1. The summed E-state index contributed by atoms with van der Waals surface area (Å²) in [4.78, 5) is 25.3. The van der Waals surface area contributed by atoms with Crippen LogP contribution in [0.1, 0.15) is 32.6 Å². The number of amides is 1. The van der Waals surface area contributed by atoms with Gasteiger partial charge in [0, 0.05) is 13.1 Å². The number of carbonyl (C=O) groups is 2. The molecule has 0 spiro atoms. The van der Waals surface area contributed by atoms with Crippen LogP contribution in [0, 0.1) is 5.41 Å². The zero-order valence-corrected chi connectivity index (χ0v) is 12.5. The van der Waals surface area contributed by atoms with Gasteiger partial charge >= 0.3 is 5.97 Å². The number of hydrogen-bond donors (Lipinski definition) is 2. The first-order valence-electron chi connectivity index (χ1n) is 6.73. The van der Waals surface area contributed by atoms with Crippen LogP contribution >= 0.6 is 11.8 Å². The average molecular weight is 288 g/mol. The van der Waals surface area contributed by atoms with Crippen molar-refractivity contribution < 1.29 is 14.7 Å². The molecular formula is C13H24N2O3S. The molecule has 5 nitrogen and oxygen atoms in total. The molecule has 1 heterocycles. The monoisotopic (exact) mass is 288 g/mol. The van der Waals surface area contributed by atoms with Crippen molar-refractivity contribution in [3.63, 3.8) is 0 Å². The van der Waals surface area contributed by atoms with E-state index in [1.54, 1.807) is 16.7 Å². The van der Waals surface area contributed by atoms with Crippen molar-refractivity contribution in [2.24, 2.45) is 11.1 Å². The SMILES string of the molecule is CCC1(C(=O)O)CCCN(C(=O)[C@@H](N)CCSC)C1. The highest BCUT2D eigenvalue weighted by atomic mass is 32.2. The van der Waals surface area contributed by atoms with Crippen molar-refractivity contribution in [1.82, 2.24) is 4.90 Å². The Balaban J connectivity index is 2.68. The van der Waals surface area contributed by atoms with Gasteiger partial charge in [-0.1, -0.05) is 6.92 Å². The van der Waals surface area contributed by atoms with Crippen LogP contribution in [0.15, 0.2) is 0 Å². The molecule has 0 bridgehead atoms. The maximum atomic E-state index is 12.2. The van der Waals surface area contributed by atoms with Gasteiger partial charge < -0.3 is 15.7 Å². The van der Waals surface area contributed by atoms with Gasteiger partial charge in [0.15, 0.2) is 0 Å². The summed E-state index contributed by atoms with van der Waals surface area (Å²) < 4.78 is 0. The Kier molecular flexibility index (Phi) is 6.13. The Morgan fingerprint density at radius 1 is 1.53 bits per heavy atom. The average Bonchev–Trinajstić information content (AvgIpc) is 2.43. The lowest BCUT2D eigenvalue weighted by Crippen LogP contribution is -2.53. The van der Waals surface area contributed by atoms with Crippen molar-refractivity contribution in [3.8, 4) is 0 Å². The minimum atomic E-state index is -0.801. The Bertz CT molecular complexity index is 338. The van der Waals surface area contributed by atoms with Crippen LogP contribution in [0.5, 0.6) is 0 Å². The lowest BCUT2D eigenvalue weighted by Gasteiger charge is -2.40. The number of carbonyl (C=O) groups excluding carboxylic acids is 1. The van der Waals surface area contributed by atoms with Crippen LogP contribution in [0.3, 0.4) is 0 Å². The second-order valence-corrected chi connectivity index (χ2v) is 6.18. The number of carboxylic acid groups (broad SMARTS) is 1. The van der Waals surface area contributed by atoms with Crippen LogP contribution in [0.4, 0.5) is 0 Å². The summed E-state index contributed by atoms with van der Waals surface area (Å²) in [5, 5.41) is 9.40. The second kappa shape index (κ2) is 7.14. The predicted octanol–water partition coefficient (Wildman–Crippen LogP) is 1.17. The summed E-state index contributed by atoms with van der Waals surface area (Å²) >= 11 is 1.66. The van der Waals surface area contributed by atoms with E-state index in [4.69, 9.17) is 5.73 Å². The van der Waals surface area contributed by atoms with Crippen LogP contribution < -0.4 is 5.73 Å². The fourth-order valence-electron chi connectivity index (χ4n) is 2.54. The molecule has 1 amide bonds.